The van der Waals surface area contributed by atoms with Gasteiger partial charge in [-0.1, -0.05) is 0 Å². The number of hydrogen-bond donors (Lipinski definition) is 4. The second-order valence-electron chi connectivity index (χ2n) is 0.730. The molecule has 0 aromatic rings. The predicted octanol–water partition coefficient (Wildman–Crippen LogP) is -2.22. The standard InChI is InChI=1S/K.Na.H3O3P.H2O3S2.2H/c;;1-4(2)3;1-5(2,3)4;;/h;;4H,(H2,1,2,3);(H2,1,2,3,4);;. The Morgan fingerprint density at radius 3 is 1.27 bits per heavy atom. The van der Waals surface area contributed by atoms with Crippen LogP contribution >= 0.6 is 19.9 Å². The fourth-order valence-corrected chi connectivity index (χ4v) is 0. The van der Waals surface area contributed by atoms with Gasteiger partial charge < -0.3 is 9.79 Å². The van der Waals surface area contributed by atoms with E-state index in [-0.39, 0.29) is 80.9 Å². The summed E-state index contributed by atoms with van der Waals surface area (Å²) in [6, 6.07) is 0. The number of thiol groups is 1. The Kier molecular flexibility index (Phi) is 28.1. The van der Waals surface area contributed by atoms with E-state index in [9.17, 15) is 0 Å². The van der Waals surface area contributed by atoms with E-state index in [0.29, 0.717) is 0 Å². The topological polar surface area (TPSA) is 112 Å². The quantitative estimate of drug-likeness (QED) is 0.129. The molecule has 62 valence electrons. The minimum absolute atomic E-state index is 0. The maximum absolute atomic E-state index is 9.05. The summed E-state index contributed by atoms with van der Waals surface area (Å²) in [4.78, 5) is 14.3. The average molecular weight is 260 g/mol. The summed E-state index contributed by atoms with van der Waals surface area (Å²) < 4.78 is 34.2. The van der Waals surface area contributed by atoms with E-state index in [1.807, 2.05) is 0 Å². The molecule has 11 heteroatoms. The van der Waals surface area contributed by atoms with Crippen LogP contribution in [0.4, 0.5) is 0 Å². The van der Waals surface area contributed by atoms with Crippen molar-refractivity contribution in [1.29, 1.82) is 0 Å². The number of hydrogen-bond acceptors (Lipinski definition) is 3. The van der Waals surface area contributed by atoms with Gasteiger partial charge in [0.15, 0.2) is 0 Å². The van der Waals surface area contributed by atoms with Crippen molar-refractivity contribution in [2.45, 2.75) is 0 Å². The van der Waals surface area contributed by atoms with Crippen molar-refractivity contribution in [3.8, 4) is 0 Å². The average Bonchev–Trinajstić information content (AvgIpc) is 1.19. The third-order valence-corrected chi connectivity index (χ3v) is 0. The first-order valence-electron chi connectivity index (χ1n) is 1.35. The Balaban J connectivity index is -0.0000000383. The summed E-state index contributed by atoms with van der Waals surface area (Å²) in [7, 11) is -7.10. The zero-order valence-electron chi connectivity index (χ0n) is 3.92. The van der Waals surface area contributed by atoms with Gasteiger partial charge >= 0.3 is 98.3 Å². The molecule has 0 heterocycles. The van der Waals surface area contributed by atoms with Crippen LogP contribution in [-0.4, -0.2) is 104 Å². The second kappa shape index (κ2) is 13.0. The zero-order chi connectivity index (χ0) is 8.08. The van der Waals surface area contributed by atoms with E-state index in [4.69, 9.17) is 27.3 Å². The molecule has 0 aliphatic rings. The molecule has 0 saturated heterocycles. The van der Waals surface area contributed by atoms with Gasteiger partial charge in [0.2, 0.25) is 0 Å². The van der Waals surface area contributed by atoms with Crippen molar-refractivity contribution >= 4 is 110 Å². The van der Waals surface area contributed by atoms with Crippen molar-refractivity contribution < 1.29 is 27.3 Å². The van der Waals surface area contributed by atoms with E-state index in [2.05, 4.69) is 11.7 Å². The van der Waals surface area contributed by atoms with Gasteiger partial charge in [0, 0.05) is 0 Å². The molecule has 0 aromatic carbocycles. The van der Waals surface area contributed by atoms with Crippen LogP contribution in [-0.2, 0) is 13.7 Å². The van der Waals surface area contributed by atoms with Crippen LogP contribution in [0.5, 0.6) is 0 Å². The molecule has 0 unspecified atom stereocenters. The summed E-state index contributed by atoms with van der Waals surface area (Å²) >= 11 is 2.65. The molecule has 0 atom stereocenters. The van der Waals surface area contributed by atoms with Crippen LogP contribution < -0.4 is 0 Å². The second-order valence-corrected chi connectivity index (χ2v) is 3.58. The maximum atomic E-state index is 9.05. The summed E-state index contributed by atoms with van der Waals surface area (Å²) in [5, 5.41) is 0. The first-order chi connectivity index (χ1) is 3.73. The van der Waals surface area contributed by atoms with Crippen LogP contribution in [0.1, 0.15) is 0 Å². The molecule has 0 amide bonds. The number of rotatable bonds is 0. The van der Waals surface area contributed by atoms with Crippen molar-refractivity contribution in [3.05, 3.63) is 0 Å². The molecule has 0 bridgehead atoms. The van der Waals surface area contributed by atoms with Crippen LogP contribution in [0.15, 0.2) is 0 Å². The summed E-state index contributed by atoms with van der Waals surface area (Å²) in [5.74, 6) is 0. The molecule has 6 nitrogen and oxygen atoms in total. The molecule has 0 spiro atoms. The van der Waals surface area contributed by atoms with Crippen LogP contribution in [0.2, 0.25) is 0 Å². The molecule has 0 rings (SSSR count). The molecular weight excluding hydrogens is 253 g/mol. The summed E-state index contributed by atoms with van der Waals surface area (Å²) in [6.45, 7) is 0. The van der Waals surface area contributed by atoms with Gasteiger partial charge in [-0.3, -0.25) is 9.12 Å². The van der Waals surface area contributed by atoms with Crippen molar-refractivity contribution in [2.24, 2.45) is 0 Å². The van der Waals surface area contributed by atoms with E-state index in [1.54, 1.807) is 0 Å². The van der Waals surface area contributed by atoms with E-state index < -0.39 is 17.4 Å². The monoisotopic (exact) mass is 260 g/mol. The normalized spacial score (nSPS) is 8.45. The molecule has 0 radical (unpaired) electrons. The van der Waals surface area contributed by atoms with Gasteiger partial charge in [-0.2, -0.15) is 8.42 Å². The Morgan fingerprint density at radius 2 is 1.27 bits per heavy atom. The first-order valence-corrected chi connectivity index (χ1v) is 5.14. The summed E-state index contributed by atoms with van der Waals surface area (Å²) in [6.07, 6.45) is 0. The Bertz CT molecular complexity index is 163. The van der Waals surface area contributed by atoms with Gasteiger partial charge in [0.25, 0.3) is 0 Å². The van der Waals surface area contributed by atoms with Gasteiger partial charge in [0.1, 0.15) is 0 Å². The summed E-state index contributed by atoms with van der Waals surface area (Å²) in [5.41, 5.74) is 0. The Morgan fingerprint density at radius 1 is 1.27 bits per heavy atom. The van der Waals surface area contributed by atoms with E-state index in [1.165, 1.54) is 0 Å². The fraction of sp³-hybridized carbons (Fsp3) is 0. The van der Waals surface area contributed by atoms with Crippen molar-refractivity contribution in [3.63, 3.8) is 0 Å². The van der Waals surface area contributed by atoms with Gasteiger partial charge in [0.05, 0.1) is 0 Å². The Hall–Kier alpha value is 3.05. The van der Waals surface area contributed by atoms with Crippen LogP contribution in [0.3, 0.4) is 0 Å². The molecule has 3 N–H and O–H groups in total. The van der Waals surface area contributed by atoms with Crippen LogP contribution in [0, 0.1) is 0 Å². The molecule has 0 fully saturated rings. The van der Waals surface area contributed by atoms with Crippen molar-refractivity contribution in [2.75, 3.05) is 0 Å². The molecule has 0 aliphatic heterocycles. The van der Waals surface area contributed by atoms with Gasteiger partial charge in [-0.05, 0) is 11.7 Å². The van der Waals surface area contributed by atoms with E-state index in [0.717, 1.165) is 0 Å². The van der Waals surface area contributed by atoms with Gasteiger partial charge in [-0.15, -0.1) is 0 Å². The predicted molar refractivity (Wildman–Crippen MR) is 48.3 cm³/mol. The molecule has 11 heavy (non-hydrogen) atoms. The van der Waals surface area contributed by atoms with Crippen molar-refractivity contribution in [1.82, 2.24) is 0 Å². The van der Waals surface area contributed by atoms with Crippen LogP contribution in [0.25, 0.3) is 0 Å². The third-order valence-electron chi connectivity index (χ3n) is 0. The minimum atomic E-state index is -3.97. The third kappa shape index (κ3) is 172. The zero-order valence-corrected chi connectivity index (χ0v) is 6.63. The van der Waals surface area contributed by atoms with Gasteiger partial charge in [-0.25, -0.2) is 0 Å². The first kappa shape index (κ1) is 23.7. The molecule has 0 saturated carbocycles. The Labute approximate surface area is 134 Å². The molecule has 0 aromatic heterocycles. The van der Waals surface area contributed by atoms with E-state index >= 15 is 0 Å². The fourth-order valence-electron chi connectivity index (χ4n) is 0. The molecule has 0 aliphatic carbocycles. The molecular formula is H7KNaO6PS2. The SMILES string of the molecule is O=S(=O)(O)S.O=[PH](O)O.[KH].[NaH].